The molecule has 3 N–H and O–H groups in total. The Morgan fingerprint density at radius 2 is 2.23 bits per heavy atom. The molecule has 1 aromatic heterocycles. The number of anilines is 1. The zero-order chi connectivity index (χ0) is 9.42. The molecule has 6 nitrogen and oxygen atoms in total. The Hall–Kier alpha value is -1.72. The molecule has 0 bridgehead atoms. The molecule has 0 atom stereocenters. The van der Waals surface area contributed by atoms with Gasteiger partial charge in [-0.25, -0.2) is 4.79 Å². The first-order valence-corrected chi connectivity index (χ1v) is 3.95. The minimum atomic E-state index is -0.585. The predicted octanol–water partition coefficient (Wildman–Crippen LogP) is -1.10. The topological polar surface area (TPSA) is 90.1 Å². The summed E-state index contributed by atoms with van der Waals surface area (Å²) >= 11 is 0. The molecule has 6 heteroatoms. The minimum absolute atomic E-state index is 0.0284. The molecule has 0 aromatic carbocycles. The lowest BCUT2D eigenvalue weighted by atomic mass is 10.3. The van der Waals surface area contributed by atoms with E-state index in [9.17, 15) is 9.59 Å². The third-order valence-electron chi connectivity index (χ3n) is 1.95. The van der Waals surface area contributed by atoms with Gasteiger partial charge in [-0.2, -0.15) is 0 Å². The van der Waals surface area contributed by atoms with Crippen molar-refractivity contribution < 1.29 is 4.74 Å². The van der Waals surface area contributed by atoms with Crippen molar-refractivity contribution in [1.29, 1.82) is 0 Å². The zero-order valence-electron chi connectivity index (χ0n) is 6.87. The Morgan fingerprint density at radius 3 is 3.00 bits per heavy atom. The van der Waals surface area contributed by atoms with Crippen LogP contribution in [0.25, 0.3) is 0 Å². The van der Waals surface area contributed by atoms with Gasteiger partial charge in [-0.05, 0) is 6.42 Å². The summed E-state index contributed by atoms with van der Waals surface area (Å²) in [5, 5.41) is 0. The second kappa shape index (κ2) is 2.65. The SMILES string of the molecule is Nc1c2n(c(=O)[nH]c1=O)CCCO2. The third-order valence-corrected chi connectivity index (χ3v) is 1.95. The highest BCUT2D eigenvalue weighted by molar-refractivity contribution is 5.46. The monoisotopic (exact) mass is 183 g/mol. The van der Waals surface area contributed by atoms with Gasteiger partial charge in [-0.3, -0.25) is 14.3 Å². The van der Waals surface area contributed by atoms with Crippen LogP contribution in [-0.2, 0) is 6.54 Å². The van der Waals surface area contributed by atoms with E-state index >= 15 is 0 Å². The maximum absolute atomic E-state index is 11.2. The smallest absolute Gasteiger partial charge is 0.331 e. The van der Waals surface area contributed by atoms with E-state index in [-0.39, 0.29) is 11.6 Å². The van der Waals surface area contributed by atoms with E-state index in [1.54, 1.807) is 0 Å². The Morgan fingerprint density at radius 1 is 1.46 bits per heavy atom. The number of nitrogens with zero attached hydrogens (tertiary/aromatic N) is 1. The summed E-state index contributed by atoms with van der Waals surface area (Å²) in [7, 11) is 0. The van der Waals surface area contributed by atoms with Gasteiger partial charge in [0.2, 0.25) is 5.88 Å². The third kappa shape index (κ3) is 1.10. The van der Waals surface area contributed by atoms with Gasteiger partial charge in [0, 0.05) is 6.54 Å². The first kappa shape index (κ1) is 7.90. The lowest BCUT2D eigenvalue weighted by Gasteiger charge is -2.19. The van der Waals surface area contributed by atoms with E-state index in [1.165, 1.54) is 4.57 Å². The molecule has 0 unspecified atom stereocenters. The predicted molar refractivity (Wildman–Crippen MR) is 45.8 cm³/mol. The molecule has 13 heavy (non-hydrogen) atoms. The van der Waals surface area contributed by atoms with Gasteiger partial charge in [0.25, 0.3) is 5.56 Å². The molecule has 1 aliphatic heterocycles. The van der Waals surface area contributed by atoms with Gasteiger partial charge in [0.1, 0.15) is 0 Å². The highest BCUT2D eigenvalue weighted by atomic mass is 16.5. The van der Waals surface area contributed by atoms with Gasteiger partial charge in [0.15, 0.2) is 5.69 Å². The molecular formula is C7H9N3O3. The summed E-state index contributed by atoms with van der Waals surface area (Å²) in [5.41, 5.74) is 4.37. The number of hydrogen-bond acceptors (Lipinski definition) is 4. The Balaban J connectivity index is 2.77. The number of nitrogens with one attached hydrogen (secondary N) is 1. The summed E-state index contributed by atoms with van der Waals surface area (Å²) in [6.45, 7) is 1.03. The van der Waals surface area contributed by atoms with Crippen LogP contribution in [0.5, 0.6) is 5.88 Å². The minimum Gasteiger partial charge on any atom is -0.477 e. The van der Waals surface area contributed by atoms with Gasteiger partial charge >= 0.3 is 5.69 Å². The van der Waals surface area contributed by atoms with Crippen molar-refractivity contribution in [2.24, 2.45) is 0 Å². The fourth-order valence-electron chi connectivity index (χ4n) is 1.32. The van der Waals surface area contributed by atoms with Crippen LogP contribution < -0.4 is 21.7 Å². The number of rotatable bonds is 0. The molecule has 1 aromatic rings. The molecule has 0 amide bonds. The Bertz CT molecular complexity index is 445. The van der Waals surface area contributed by atoms with Crippen LogP contribution in [0.1, 0.15) is 6.42 Å². The maximum atomic E-state index is 11.2. The van der Waals surface area contributed by atoms with Crippen molar-refractivity contribution in [2.75, 3.05) is 12.3 Å². The molecule has 0 saturated carbocycles. The van der Waals surface area contributed by atoms with Crippen LogP contribution >= 0.6 is 0 Å². The Kier molecular flexibility index (Phi) is 1.61. The molecular weight excluding hydrogens is 174 g/mol. The normalized spacial score (nSPS) is 14.8. The highest BCUT2D eigenvalue weighted by Crippen LogP contribution is 2.18. The van der Waals surface area contributed by atoms with E-state index in [4.69, 9.17) is 10.5 Å². The Labute approximate surface area is 72.9 Å². The molecule has 70 valence electrons. The zero-order valence-corrected chi connectivity index (χ0v) is 6.87. The number of aromatic amines is 1. The quantitative estimate of drug-likeness (QED) is 0.534. The first-order chi connectivity index (χ1) is 6.20. The lowest BCUT2D eigenvalue weighted by molar-refractivity contribution is 0.234. The lowest BCUT2D eigenvalue weighted by Crippen LogP contribution is -2.35. The molecule has 2 rings (SSSR count). The summed E-state index contributed by atoms with van der Waals surface area (Å²) < 4.78 is 6.47. The van der Waals surface area contributed by atoms with Crippen molar-refractivity contribution in [3.05, 3.63) is 20.8 Å². The fourth-order valence-corrected chi connectivity index (χ4v) is 1.32. The number of hydrogen-bond donors (Lipinski definition) is 2. The number of aromatic nitrogens is 2. The van der Waals surface area contributed by atoms with Gasteiger partial charge in [0.05, 0.1) is 6.61 Å². The second-order valence-electron chi connectivity index (χ2n) is 2.83. The maximum Gasteiger partial charge on any atom is 0.331 e. The number of nitrogens with two attached hydrogens (primary N) is 1. The van der Waals surface area contributed by atoms with E-state index in [0.29, 0.717) is 13.2 Å². The summed E-state index contributed by atoms with van der Waals surface area (Å²) in [4.78, 5) is 24.4. The van der Waals surface area contributed by atoms with Gasteiger partial charge in [-0.1, -0.05) is 0 Å². The highest BCUT2D eigenvalue weighted by Gasteiger charge is 2.16. The van der Waals surface area contributed by atoms with Gasteiger partial charge < -0.3 is 10.5 Å². The largest absolute Gasteiger partial charge is 0.477 e. The van der Waals surface area contributed by atoms with Gasteiger partial charge in [-0.15, -0.1) is 0 Å². The van der Waals surface area contributed by atoms with Crippen LogP contribution in [0.2, 0.25) is 0 Å². The van der Waals surface area contributed by atoms with Crippen LogP contribution in [0.15, 0.2) is 9.59 Å². The number of H-pyrrole nitrogens is 1. The fraction of sp³-hybridized carbons (Fsp3) is 0.429. The van der Waals surface area contributed by atoms with E-state index in [0.717, 1.165) is 6.42 Å². The van der Waals surface area contributed by atoms with Crippen molar-refractivity contribution in [3.63, 3.8) is 0 Å². The van der Waals surface area contributed by atoms with E-state index < -0.39 is 11.2 Å². The second-order valence-corrected chi connectivity index (χ2v) is 2.83. The molecule has 0 fully saturated rings. The average molecular weight is 183 g/mol. The molecule has 0 radical (unpaired) electrons. The first-order valence-electron chi connectivity index (χ1n) is 3.95. The summed E-state index contributed by atoms with van der Waals surface area (Å²) in [5.74, 6) is 0.194. The van der Waals surface area contributed by atoms with Crippen molar-refractivity contribution in [1.82, 2.24) is 9.55 Å². The number of ether oxygens (including phenoxy) is 1. The average Bonchev–Trinajstić information content (AvgIpc) is 2.15. The van der Waals surface area contributed by atoms with Crippen LogP contribution in [-0.4, -0.2) is 16.2 Å². The summed E-state index contributed by atoms with van der Waals surface area (Å²) in [6, 6.07) is 0. The van der Waals surface area contributed by atoms with Crippen LogP contribution in [0.3, 0.4) is 0 Å². The molecule has 0 spiro atoms. The van der Waals surface area contributed by atoms with E-state index in [1.807, 2.05) is 0 Å². The van der Waals surface area contributed by atoms with Crippen molar-refractivity contribution in [3.8, 4) is 5.88 Å². The van der Waals surface area contributed by atoms with Crippen molar-refractivity contribution >= 4 is 5.69 Å². The molecule has 0 aliphatic carbocycles. The number of fused-ring (bicyclic) bond motifs is 1. The molecule has 0 saturated heterocycles. The standard InChI is InChI=1S/C7H9N3O3/c8-4-5(11)9-7(12)10-2-1-3-13-6(4)10/h1-3,8H2,(H,9,11,12). The molecule has 1 aliphatic rings. The van der Waals surface area contributed by atoms with Crippen LogP contribution in [0.4, 0.5) is 5.69 Å². The van der Waals surface area contributed by atoms with Crippen molar-refractivity contribution in [2.45, 2.75) is 13.0 Å². The summed E-state index contributed by atoms with van der Waals surface area (Å²) in [6.07, 6.45) is 0.748. The van der Waals surface area contributed by atoms with E-state index in [2.05, 4.69) is 4.98 Å². The van der Waals surface area contributed by atoms with Crippen LogP contribution in [0, 0.1) is 0 Å². The molecule has 2 heterocycles. The number of nitrogen functional groups attached to an aromatic ring is 1.